The molecule has 0 saturated heterocycles. The quantitative estimate of drug-likeness (QED) is 0.925. The molecule has 0 radical (unpaired) electrons. The van der Waals surface area contributed by atoms with Gasteiger partial charge in [-0.15, -0.1) is 11.3 Å². The van der Waals surface area contributed by atoms with Gasteiger partial charge in [-0.2, -0.15) is 0 Å². The van der Waals surface area contributed by atoms with Gasteiger partial charge in [0.25, 0.3) is 0 Å². The number of amides is 1. The van der Waals surface area contributed by atoms with Crippen LogP contribution in [0.25, 0.3) is 0 Å². The van der Waals surface area contributed by atoms with Crippen LogP contribution in [0.15, 0.2) is 11.6 Å². The number of thiazole rings is 1. The largest absolute Gasteiger partial charge is 0.344 e. The summed E-state index contributed by atoms with van der Waals surface area (Å²) < 4.78 is 0. The Hall–Kier alpha value is -0.900. The minimum absolute atomic E-state index is 0.0662. The van der Waals surface area contributed by atoms with Crippen LogP contribution < -0.4 is 5.32 Å². The summed E-state index contributed by atoms with van der Waals surface area (Å²) in [5, 5.41) is 6.31. The van der Waals surface area contributed by atoms with Crippen LogP contribution in [-0.2, 0) is 10.3 Å². The highest BCUT2D eigenvalue weighted by atomic mass is 32.1. The summed E-state index contributed by atoms with van der Waals surface area (Å²) in [5.74, 6) is 2.72. The number of nitrogens with zero attached hydrogens (tertiary/aromatic N) is 1. The number of carbonyl (C=O) groups is 1. The smallest absolute Gasteiger partial charge is 0.227 e. The molecule has 1 heterocycles. The lowest BCUT2D eigenvalue weighted by atomic mass is 9.49. The third-order valence-corrected chi connectivity index (χ3v) is 7.01. The third kappa shape index (κ3) is 2.23. The molecule has 3 nitrogen and oxygen atoms in total. The maximum Gasteiger partial charge on any atom is 0.227 e. The molecule has 1 amide bonds. The van der Waals surface area contributed by atoms with Gasteiger partial charge in [0, 0.05) is 17.0 Å². The maximum atomic E-state index is 13.1. The summed E-state index contributed by atoms with van der Waals surface area (Å²) in [6.45, 7) is 4.15. The zero-order chi connectivity index (χ0) is 14.7. The summed E-state index contributed by atoms with van der Waals surface area (Å²) in [5.41, 5.74) is -0.419. The zero-order valence-electron chi connectivity index (χ0n) is 12.9. The fourth-order valence-corrected chi connectivity index (χ4v) is 6.11. The second kappa shape index (κ2) is 4.55. The van der Waals surface area contributed by atoms with Gasteiger partial charge in [-0.05, 0) is 70.1 Å². The minimum Gasteiger partial charge on any atom is -0.344 e. The third-order valence-electron chi connectivity index (χ3n) is 5.91. The lowest BCUT2D eigenvalue weighted by molar-refractivity contribution is -0.148. The van der Waals surface area contributed by atoms with Crippen molar-refractivity contribution >= 4 is 17.2 Å². The molecule has 1 aromatic heterocycles. The molecule has 0 aromatic carbocycles. The molecule has 114 valence electrons. The first-order valence-corrected chi connectivity index (χ1v) is 9.07. The fraction of sp³-hybridized carbons (Fsp3) is 0.765. The molecule has 0 aliphatic heterocycles. The molecule has 0 unspecified atom stereocenters. The molecule has 1 N–H and O–H groups in total. The Bertz CT molecular complexity index is 514. The van der Waals surface area contributed by atoms with E-state index in [0.29, 0.717) is 5.91 Å². The van der Waals surface area contributed by atoms with E-state index in [-0.39, 0.29) is 11.0 Å². The standard InChI is InChI=1S/C17H24N2OS/c1-16(2,15-18-3-4-21-15)19-14(20)17-8-11-5-12(9-17)7-13(6-11)10-17/h3-4,11-13H,5-10H2,1-2H3,(H,19,20). The number of aromatic nitrogens is 1. The number of hydrogen-bond acceptors (Lipinski definition) is 3. The lowest BCUT2D eigenvalue weighted by Gasteiger charge is -2.56. The summed E-state index contributed by atoms with van der Waals surface area (Å²) in [6, 6.07) is 0. The molecule has 1 aromatic rings. The van der Waals surface area contributed by atoms with Crippen molar-refractivity contribution in [3.8, 4) is 0 Å². The summed E-state index contributed by atoms with van der Waals surface area (Å²) in [4.78, 5) is 17.5. The van der Waals surface area contributed by atoms with Crippen LogP contribution in [0, 0.1) is 23.2 Å². The van der Waals surface area contributed by atoms with Crippen LogP contribution in [0.5, 0.6) is 0 Å². The second-order valence-corrected chi connectivity index (χ2v) is 9.01. The average Bonchev–Trinajstić information content (AvgIpc) is 2.90. The molecule has 5 rings (SSSR count). The topological polar surface area (TPSA) is 42.0 Å². The number of hydrogen-bond donors (Lipinski definition) is 1. The van der Waals surface area contributed by atoms with Gasteiger partial charge in [-0.3, -0.25) is 4.79 Å². The van der Waals surface area contributed by atoms with E-state index in [1.54, 1.807) is 11.3 Å². The van der Waals surface area contributed by atoms with Crippen LogP contribution in [0.1, 0.15) is 57.4 Å². The van der Waals surface area contributed by atoms with Gasteiger partial charge < -0.3 is 5.32 Å². The van der Waals surface area contributed by atoms with Gasteiger partial charge in [0.15, 0.2) is 0 Å². The van der Waals surface area contributed by atoms with Crippen LogP contribution in [0.2, 0.25) is 0 Å². The molecular weight excluding hydrogens is 280 g/mol. The van der Waals surface area contributed by atoms with Crippen molar-refractivity contribution in [1.82, 2.24) is 10.3 Å². The second-order valence-electron chi connectivity index (χ2n) is 8.11. The van der Waals surface area contributed by atoms with E-state index in [0.717, 1.165) is 42.0 Å². The zero-order valence-corrected chi connectivity index (χ0v) is 13.7. The molecule has 4 aliphatic carbocycles. The summed E-state index contributed by atoms with van der Waals surface area (Å²) in [7, 11) is 0. The van der Waals surface area contributed by atoms with E-state index in [4.69, 9.17) is 0 Å². The lowest BCUT2D eigenvalue weighted by Crippen LogP contribution is -2.56. The van der Waals surface area contributed by atoms with E-state index in [1.165, 1.54) is 19.3 Å². The molecule has 0 atom stereocenters. The Kier molecular flexibility index (Phi) is 2.97. The van der Waals surface area contributed by atoms with Gasteiger partial charge >= 0.3 is 0 Å². The summed E-state index contributed by atoms with van der Waals surface area (Å²) >= 11 is 1.62. The highest BCUT2D eigenvalue weighted by Crippen LogP contribution is 2.60. The highest BCUT2D eigenvalue weighted by Gasteiger charge is 2.55. The Morgan fingerprint density at radius 2 is 1.81 bits per heavy atom. The molecule has 21 heavy (non-hydrogen) atoms. The van der Waals surface area contributed by atoms with Crippen molar-refractivity contribution in [3.63, 3.8) is 0 Å². The monoisotopic (exact) mass is 304 g/mol. The molecule has 4 aliphatic rings. The van der Waals surface area contributed by atoms with Crippen LogP contribution in [0.3, 0.4) is 0 Å². The molecule has 0 spiro atoms. The minimum atomic E-state index is -0.353. The Balaban J connectivity index is 1.55. The maximum absolute atomic E-state index is 13.1. The average molecular weight is 304 g/mol. The number of nitrogens with one attached hydrogen (secondary N) is 1. The van der Waals surface area contributed by atoms with Crippen LogP contribution >= 0.6 is 11.3 Å². The molecular formula is C17H24N2OS. The Morgan fingerprint density at radius 3 is 2.29 bits per heavy atom. The van der Waals surface area contributed by atoms with E-state index < -0.39 is 0 Å². The Morgan fingerprint density at radius 1 is 1.24 bits per heavy atom. The fourth-order valence-electron chi connectivity index (χ4n) is 5.39. The predicted octanol–water partition coefficient (Wildman–Crippen LogP) is 3.71. The van der Waals surface area contributed by atoms with Crippen molar-refractivity contribution in [3.05, 3.63) is 16.6 Å². The Labute approximate surface area is 130 Å². The van der Waals surface area contributed by atoms with E-state index in [2.05, 4.69) is 24.1 Å². The first kappa shape index (κ1) is 13.7. The number of rotatable bonds is 3. The first-order chi connectivity index (χ1) is 9.97. The van der Waals surface area contributed by atoms with Crippen LogP contribution in [0.4, 0.5) is 0 Å². The first-order valence-electron chi connectivity index (χ1n) is 8.19. The molecule has 4 saturated carbocycles. The van der Waals surface area contributed by atoms with Gasteiger partial charge in [0.05, 0.1) is 5.54 Å². The molecule has 4 bridgehead atoms. The van der Waals surface area contributed by atoms with E-state index in [9.17, 15) is 4.79 Å². The summed E-state index contributed by atoms with van der Waals surface area (Å²) in [6.07, 6.45) is 9.32. The van der Waals surface area contributed by atoms with Gasteiger partial charge in [-0.1, -0.05) is 0 Å². The van der Waals surface area contributed by atoms with Crippen molar-refractivity contribution in [2.45, 2.75) is 57.9 Å². The van der Waals surface area contributed by atoms with Gasteiger partial charge in [0.2, 0.25) is 5.91 Å². The van der Waals surface area contributed by atoms with Crippen molar-refractivity contribution < 1.29 is 4.79 Å². The normalized spacial score (nSPS) is 37.7. The SMILES string of the molecule is CC(C)(NC(=O)C12CC3CC(CC(C3)C1)C2)c1nccs1. The van der Waals surface area contributed by atoms with E-state index >= 15 is 0 Å². The molecule has 4 fully saturated rings. The highest BCUT2D eigenvalue weighted by molar-refractivity contribution is 7.09. The van der Waals surface area contributed by atoms with E-state index in [1.807, 2.05) is 11.6 Å². The predicted molar refractivity (Wildman–Crippen MR) is 83.9 cm³/mol. The molecule has 4 heteroatoms. The van der Waals surface area contributed by atoms with Crippen molar-refractivity contribution in [2.24, 2.45) is 23.2 Å². The van der Waals surface area contributed by atoms with Crippen LogP contribution in [-0.4, -0.2) is 10.9 Å². The van der Waals surface area contributed by atoms with Crippen molar-refractivity contribution in [2.75, 3.05) is 0 Å². The van der Waals surface area contributed by atoms with Gasteiger partial charge in [-0.25, -0.2) is 4.98 Å². The van der Waals surface area contributed by atoms with Crippen molar-refractivity contribution in [1.29, 1.82) is 0 Å². The van der Waals surface area contributed by atoms with Gasteiger partial charge in [0.1, 0.15) is 5.01 Å². The number of carbonyl (C=O) groups excluding carboxylic acids is 1.